The summed E-state index contributed by atoms with van der Waals surface area (Å²) in [6.07, 6.45) is 1.46. The first-order chi connectivity index (χ1) is 6.34. The second kappa shape index (κ2) is 3.56. The molecule has 0 fully saturated rings. The predicted molar refractivity (Wildman–Crippen MR) is 45.0 cm³/mol. The summed E-state index contributed by atoms with van der Waals surface area (Å²) >= 11 is 1.47. The highest BCUT2D eigenvalue weighted by Crippen LogP contribution is 2.16. The molecule has 0 bridgehead atoms. The van der Waals surface area contributed by atoms with Crippen molar-refractivity contribution in [2.75, 3.05) is 0 Å². The Morgan fingerprint density at radius 2 is 2.46 bits per heavy atom. The van der Waals surface area contributed by atoms with Gasteiger partial charge in [-0.15, -0.1) is 10.2 Å². The monoisotopic (exact) mass is 197 g/mol. The van der Waals surface area contributed by atoms with Crippen LogP contribution >= 0.6 is 11.8 Å². The first-order valence-electron chi connectivity index (χ1n) is 3.62. The van der Waals surface area contributed by atoms with Crippen LogP contribution in [0.3, 0.4) is 0 Å². The molecule has 68 valence electrons. The molecule has 13 heavy (non-hydrogen) atoms. The molecule has 1 N–H and O–H groups in total. The first kappa shape index (κ1) is 8.24. The second-order valence-electron chi connectivity index (χ2n) is 2.29. The topological polar surface area (TPSA) is 80.5 Å². The van der Waals surface area contributed by atoms with Gasteiger partial charge in [0.25, 0.3) is 0 Å². The number of hydrogen-bond acceptors (Lipinski definition) is 6. The van der Waals surface area contributed by atoms with Gasteiger partial charge in [-0.25, -0.2) is 4.98 Å². The zero-order valence-electron chi connectivity index (χ0n) is 6.89. The van der Waals surface area contributed by atoms with Gasteiger partial charge in [-0.05, 0) is 0 Å². The predicted octanol–water partition coefficient (Wildman–Crippen LogP) is 0.788. The van der Waals surface area contributed by atoms with Crippen LogP contribution in [0.5, 0.6) is 0 Å². The van der Waals surface area contributed by atoms with Gasteiger partial charge in [-0.3, -0.25) is 5.10 Å². The number of rotatable bonds is 3. The lowest BCUT2D eigenvalue weighted by atomic mass is 10.8. The Labute approximate surface area is 78.2 Å². The van der Waals surface area contributed by atoms with Gasteiger partial charge in [-0.1, -0.05) is 11.8 Å². The van der Waals surface area contributed by atoms with Crippen molar-refractivity contribution >= 4 is 11.8 Å². The SMILES string of the molecule is Cc1nnc(CSc2ncn[nH]2)o1. The van der Waals surface area contributed by atoms with E-state index in [2.05, 4.69) is 25.4 Å². The van der Waals surface area contributed by atoms with Crippen molar-refractivity contribution in [3.63, 3.8) is 0 Å². The summed E-state index contributed by atoms with van der Waals surface area (Å²) in [4.78, 5) is 3.94. The molecule has 6 nitrogen and oxygen atoms in total. The average Bonchev–Trinajstić information content (AvgIpc) is 2.71. The highest BCUT2D eigenvalue weighted by Gasteiger charge is 2.04. The maximum atomic E-state index is 5.18. The van der Waals surface area contributed by atoms with Crippen LogP contribution < -0.4 is 0 Å². The van der Waals surface area contributed by atoms with E-state index in [1.54, 1.807) is 6.92 Å². The largest absolute Gasteiger partial charge is 0.425 e. The van der Waals surface area contributed by atoms with E-state index in [1.165, 1.54) is 18.1 Å². The van der Waals surface area contributed by atoms with E-state index in [0.29, 0.717) is 17.5 Å². The number of H-pyrrole nitrogens is 1. The Bertz CT molecular complexity index is 370. The van der Waals surface area contributed by atoms with Gasteiger partial charge in [0.2, 0.25) is 11.8 Å². The van der Waals surface area contributed by atoms with Crippen molar-refractivity contribution in [1.82, 2.24) is 25.4 Å². The Hall–Kier alpha value is -1.37. The fourth-order valence-corrected chi connectivity index (χ4v) is 1.41. The van der Waals surface area contributed by atoms with Crippen LogP contribution in [0.4, 0.5) is 0 Å². The number of aromatic amines is 1. The minimum atomic E-state index is 0.577. The normalized spacial score (nSPS) is 10.5. The van der Waals surface area contributed by atoms with Crippen molar-refractivity contribution in [1.29, 1.82) is 0 Å². The van der Waals surface area contributed by atoms with E-state index in [0.717, 1.165) is 5.16 Å². The molecule has 2 rings (SSSR count). The highest BCUT2D eigenvalue weighted by molar-refractivity contribution is 7.98. The fraction of sp³-hybridized carbons (Fsp3) is 0.333. The van der Waals surface area contributed by atoms with Gasteiger partial charge < -0.3 is 4.42 Å². The molecule has 0 amide bonds. The number of thioether (sulfide) groups is 1. The molecular formula is C6H7N5OS. The smallest absolute Gasteiger partial charge is 0.226 e. The van der Waals surface area contributed by atoms with Crippen LogP contribution in [0, 0.1) is 6.92 Å². The zero-order valence-corrected chi connectivity index (χ0v) is 7.71. The minimum Gasteiger partial charge on any atom is -0.425 e. The van der Waals surface area contributed by atoms with Gasteiger partial charge >= 0.3 is 0 Å². The quantitative estimate of drug-likeness (QED) is 0.732. The molecule has 0 aliphatic rings. The molecule has 0 atom stereocenters. The zero-order chi connectivity index (χ0) is 9.10. The van der Waals surface area contributed by atoms with Crippen molar-refractivity contribution < 1.29 is 4.42 Å². The maximum Gasteiger partial charge on any atom is 0.226 e. The number of nitrogens with zero attached hydrogens (tertiary/aromatic N) is 4. The van der Waals surface area contributed by atoms with E-state index >= 15 is 0 Å². The summed E-state index contributed by atoms with van der Waals surface area (Å²) in [5.74, 6) is 1.78. The highest BCUT2D eigenvalue weighted by atomic mass is 32.2. The third-order valence-electron chi connectivity index (χ3n) is 1.29. The molecule has 2 aromatic heterocycles. The van der Waals surface area contributed by atoms with E-state index < -0.39 is 0 Å². The lowest BCUT2D eigenvalue weighted by Gasteiger charge is -1.89. The van der Waals surface area contributed by atoms with Gasteiger partial charge in [0.1, 0.15) is 6.33 Å². The third-order valence-corrected chi connectivity index (χ3v) is 2.15. The summed E-state index contributed by atoms with van der Waals surface area (Å²) in [5.41, 5.74) is 0. The number of aryl methyl sites for hydroxylation is 1. The number of nitrogens with one attached hydrogen (secondary N) is 1. The van der Waals surface area contributed by atoms with Crippen LogP contribution in [0.1, 0.15) is 11.8 Å². The summed E-state index contributed by atoms with van der Waals surface area (Å²) in [5, 5.41) is 14.7. The van der Waals surface area contributed by atoms with Gasteiger partial charge in [-0.2, -0.15) is 5.10 Å². The van der Waals surface area contributed by atoms with Crippen molar-refractivity contribution in [2.24, 2.45) is 0 Å². The molecule has 2 heterocycles. The molecule has 0 aromatic carbocycles. The molecule has 0 spiro atoms. The standard InChI is InChI=1S/C6H7N5OS/c1-4-9-10-5(12-4)2-13-6-7-3-8-11-6/h3H,2H2,1H3,(H,7,8,11). The molecule has 2 aromatic rings. The molecule has 0 aliphatic carbocycles. The lowest BCUT2D eigenvalue weighted by Crippen LogP contribution is -1.81. The van der Waals surface area contributed by atoms with Crippen LogP contribution in [0.25, 0.3) is 0 Å². The third kappa shape index (κ3) is 2.05. The second-order valence-corrected chi connectivity index (χ2v) is 3.26. The molecule has 0 saturated carbocycles. The van der Waals surface area contributed by atoms with E-state index in [-0.39, 0.29) is 0 Å². The molecule has 0 radical (unpaired) electrons. The Morgan fingerprint density at radius 3 is 3.08 bits per heavy atom. The van der Waals surface area contributed by atoms with Gasteiger partial charge in [0, 0.05) is 6.92 Å². The summed E-state index contributed by atoms with van der Waals surface area (Å²) < 4.78 is 5.18. The molecule has 0 saturated heterocycles. The summed E-state index contributed by atoms with van der Waals surface area (Å²) in [6.45, 7) is 1.76. The van der Waals surface area contributed by atoms with E-state index in [4.69, 9.17) is 4.42 Å². The molecule has 0 unspecified atom stereocenters. The van der Waals surface area contributed by atoms with Gasteiger partial charge in [0.15, 0.2) is 5.16 Å². The van der Waals surface area contributed by atoms with Crippen LogP contribution in [0.2, 0.25) is 0 Å². The molecule has 7 heteroatoms. The summed E-state index contributed by atoms with van der Waals surface area (Å²) in [7, 11) is 0. The number of hydrogen-bond donors (Lipinski definition) is 1. The van der Waals surface area contributed by atoms with E-state index in [9.17, 15) is 0 Å². The Morgan fingerprint density at radius 1 is 1.54 bits per heavy atom. The molecule has 0 aliphatic heterocycles. The maximum absolute atomic E-state index is 5.18. The number of aromatic nitrogens is 5. The Kier molecular flexibility index (Phi) is 2.26. The van der Waals surface area contributed by atoms with Crippen LogP contribution in [-0.2, 0) is 5.75 Å². The average molecular weight is 197 g/mol. The van der Waals surface area contributed by atoms with Crippen molar-refractivity contribution in [2.45, 2.75) is 17.8 Å². The van der Waals surface area contributed by atoms with Crippen molar-refractivity contribution in [3.05, 3.63) is 18.1 Å². The van der Waals surface area contributed by atoms with E-state index in [1.807, 2.05) is 0 Å². The first-order valence-corrected chi connectivity index (χ1v) is 4.60. The van der Waals surface area contributed by atoms with Crippen LogP contribution in [0.15, 0.2) is 15.9 Å². The Balaban J connectivity index is 1.93. The fourth-order valence-electron chi connectivity index (χ4n) is 0.790. The minimum absolute atomic E-state index is 0.577. The van der Waals surface area contributed by atoms with Crippen LogP contribution in [-0.4, -0.2) is 25.4 Å². The summed E-state index contributed by atoms with van der Waals surface area (Å²) in [6, 6.07) is 0. The lowest BCUT2D eigenvalue weighted by molar-refractivity contribution is 0.485. The molecular weight excluding hydrogens is 190 g/mol. The van der Waals surface area contributed by atoms with Crippen molar-refractivity contribution in [3.8, 4) is 0 Å². The van der Waals surface area contributed by atoms with Gasteiger partial charge in [0.05, 0.1) is 5.75 Å².